The van der Waals surface area contributed by atoms with Crippen LogP contribution in [-0.4, -0.2) is 45.0 Å². The first-order valence-electron chi connectivity index (χ1n) is 9.82. The molecule has 0 atom stereocenters. The molecule has 2 aliphatic rings. The van der Waals surface area contributed by atoms with Gasteiger partial charge in [0.1, 0.15) is 23.4 Å². The predicted octanol–water partition coefficient (Wildman–Crippen LogP) is 2.63. The van der Waals surface area contributed by atoms with Crippen molar-refractivity contribution >= 4 is 17.8 Å². The van der Waals surface area contributed by atoms with Gasteiger partial charge >= 0.3 is 5.97 Å². The molecule has 2 aromatic carbocycles. The molecule has 0 bridgehead atoms. The SMILES string of the molecule is O=C(O)CNC(=O)C1=C(O)C2(CCC2)N(Cc2ccc(-c3ccccc3)cc2)C1=O. The van der Waals surface area contributed by atoms with E-state index in [0.29, 0.717) is 12.8 Å². The van der Waals surface area contributed by atoms with Crippen LogP contribution in [0.1, 0.15) is 24.8 Å². The third kappa shape index (κ3) is 3.32. The van der Waals surface area contributed by atoms with Gasteiger partial charge in [-0.1, -0.05) is 54.6 Å². The maximum Gasteiger partial charge on any atom is 0.322 e. The summed E-state index contributed by atoms with van der Waals surface area (Å²) >= 11 is 0. The summed E-state index contributed by atoms with van der Waals surface area (Å²) in [6.45, 7) is -0.357. The van der Waals surface area contributed by atoms with Gasteiger partial charge in [-0.3, -0.25) is 14.4 Å². The summed E-state index contributed by atoms with van der Waals surface area (Å²) < 4.78 is 0. The van der Waals surface area contributed by atoms with E-state index in [0.717, 1.165) is 23.1 Å². The van der Waals surface area contributed by atoms with Crippen molar-refractivity contribution in [2.45, 2.75) is 31.3 Å². The minimum Gasteiger partial charge on any atom is -0.509 e. The Hall–Kier alpha value is -3.61. The van der Waals surface area contributed by atoms with Gasteiger partial charge in [0.15, 0.2) is 0 Å². The molecular formula is C23H22N2O5. The summed E-state index contributed by atoms with van der Waals surface area (Å²) in [5.74, 6) is -2.89. The molecule has 1 spiro atoms. The van der Waals surface area contributed by atoms with Crippen molar-refractivity contribution in [1.82, 2.24) is 10.2 Å². The number of aliphatic carboxylic acids is 1. The van der Waals surface area contributed by atoms with Gasteiger partial charge < -0.3 is 20.4 Å². The lowest BCUT2D eigenvalue weighted by Gasteiger charge is -2.45. The molecular weight excluding hydrogens is 384 g/mol. The first-order chi connectivity index (χ1) is 14.4. The van der Waals surface area contributed by atoms with Crippen LogP contribution >= 0.6 is 0 Å². The molecule has 7 heteroatoms. The monoisotopic (exact) mass is 406 g/mol. The zero-order valence-corrected chi connectivity index (χ0v) is 16.3. The molecule has 4 rings (SSSR count). The molecule has 3 N–H and O–H groups in total. The Morgan fingerprint density at radius 2 is 1.63 bits per heavy atom. The highest BCUT2D eigenvalue weighted by Gasteiger charge is 2.56. The second kappa shape index (κ2) is 7.67. The number of nitrogens with one attached hydrogen (secondary N) is 1. The largest absolute Gasteiger partial charge is 0.509 e. The number of amides is 2. The molecule has 1 aliphatic heterocycles. The van der Waals surface area contributed by atoms with E-state index in [2.05, 4.69) is 5.32 Å². The number of benzene rings is 2. The molecule has 1 saturated carbocycles. The molecule has 7 nitrogen and oxygen atoms in total. The predicted molar refractivity (Wildman–Crippen MR) is 109 cm³/mol. The van der Waals surface area contributed by atoms with E-state index in [1.807, 2.05) is 54.6 Å². The van der Waals surface area contributed by atoms with E-state index in [1.165, 1.54) is 0 Å². The number of carbonyl (C=O) groups excluding carboxylic acids is 2. The molecule has 30 heavy (non-hydrogen) atoms. The molecule has 154 valence electrons. The molecule has 0 radical (unpaired) electrons. The molecule has 2 amide bonds. The molecule has 0 unspecified atom stereocenters. The first kappa shape index (κ1) is 19.7. The highest BCUT2D eigenvalue weighted by molar-refractivity contribution is 6.21. The van der Waals surface area contributed by atoms with Crippen molar-refractivity contribution in [3.8, 4) is 11.1 Å². The lowest BCUT2D eigenvalue weighted by Crippen LogP contribution is -2.52. The van der Waals surface area contributed by atoms with Gasteiger partial charge in [-0.05, 0) is 36.0 Å². The number of carbonyl (C=O) groups is 3. The minimum atomic E-state index is -1.22. The van der Waals surface area contributed by atoms with Crippen molar-refractivity contribution in [2.24, 2.45) is 0 Å². The van der Waals surface area contributed by atoms with Gasteiger partial charge in [-0.25, -0.2) is 0 Å². The van der Waals surface area contributed by atoms with Gasteiger partial charge in [0, 0.05) is 6.54 Å². The van der Waals surface area contributed by atoms with Crippen LogP contribution in [-0.2, 0) is 20.9 Å². The Morgan fingerprint density at radius 3 is 2.20 bits per heavy atom. The zero-order chi connectivity index (χ0) is 21.3. The molecule has 0 saturated heterocycles. The van der Waals surface area contributed by atoms with Crippen LogP contribution in [0.4, 0.5) is 0 Å². The topological polar surface area (TPSA) is 107 Å². The van der Waals surface area contributed by atoms with E-state index in [4.69, 9.17) is 5.11 Å². The molecule has 1 fully saturated rings. The smallest absolute Gasteiger partial charge is 0.322 e. The Morgan fingerprint density at radius 1 is 1.00 bits per heavy atom. The molecule has 0 aromatic heterocycles. The number of hydrogen-bond acceptors (Lipinski definition) is 4. The average molecular weight is 406 g/mol. The maximum atomic E-state index is 13.0. The third-order valence-electron chi connectivity index (χ3n) is 5.86. The Bertz CT molecular complexity index is 1020. The highest BCUT2D eigenvalue weighted by atomic mass is 16.4. The molecule has 2 aromatic rings. The Labute approximate surface area is 173 Å². The number of aliphatic hydroxyl groups excluding tert-OH is 1. The number of carboxylic acids is 1. The van der Waals surface area contributed by atoms with Crippen LogP contribution in [0.3, 0.4) is 0 Å². The van der Waals surface area contributed by atoms with Crippen LogP contribution in [0, 0.1) is 0 Å². The summed E-state index contributed by atoms with van der Waals surface area (Å²) in [5.41, 5.74) is 1.81. The number of carboxylic acid groups (broad SMARTS) is 1. The summed E-state index contributed by atoms with van der Waals surface area (Å²) in [7, 11) is 0. The lowest BCUT2D eigenvalue weighted by molar-refractivity contribution is -0.139. The van der Waals surface area contributed by atoms with Crippen molar-refractivity contribution in [1.29, 1.82) is 0 Å². The van der Waals surface area contributed by atoms with Gasteiger partial charge in [0.25, 0.3) is 11.8 Å². The van der Waals surface area contributed by atoms with E-state index in [-0.39, 0.29) is 17.9 Å². The fraction of sp³-hybridized carbons (Fsp3) is 0.261. The number of hydrogen-bond donors (Lipinski definition) is 3. The fourth-order valence-corrected chi connectivity index (χ4v) is 4.10. The summed E-state index contributed by atoms with van der Waals surface area (Å²) in [6, 6.07) is 17.8. The Kier molecular flexibility index (Phi) is 5.03. The van der Waals surface area contributed by atoms with Crippen LogP contribution in [0.5, 0.6) is 0 Å². The van der Waals surface area contributed by atoms with Crippen LogP contribution in [0.25, 0.3) is 11.1 Å². The molecule has 1 aliphatic carbocycles. The van der Waals surface area contributed by atoms with E-state index < -0.39 is 29.9 Å². The van der Waals surface area contributed by atoms with Crippen molar-refractivity contribution in [3.63, 3.8) is 0 Å². The van der Waals surface area contributed by atoms with E-state index in [1.54, 1.807) is 4.90 Å². The van der Waals surface area contributed by atoms with Crippen LogP contribution < -0.4 is 5.32 Å². The second-order valence-electron chi connectivity index (χ2n) is 7.64. The van der Waals surface area contributed by atoms with E-state index in [9.17, 15) is 19.5 Å². The van der Waals surface area contributed by atoms with Crippen LogP contribution in [0.2, 0.25) is 0 Å². The minimum absolute atomic E-state index is 0.248. The van der Waals surface area contributed by atoms with Gasteiger partial charge in [0.05, 0.1) is 0 Å². The number of nitrogens with zero attached hydrogens (tertiary/aromatic N) is 1. The first-order valence-corrected chi connectivity index (χ1v) is 9.82. The summed E-state index contributed by atoms with van der Waals surface area (Å²) in [5, 5.41) is 21.7. The van der Waals surface area contributed by atoms with E-state index >= 15 is 0 Å². The third-order valence-corrected chi connectivity index (χ3v) is 5.86. The number of aliphatic hydroxyl groups is 1. The molecule has 1 heterocycles. The Balaban J connectivity index is 1.55. The van der Waals surface area contributed by atoms with Crippen molar-refractivity contribution in [2.75, 3.05) is 6.54 Å². The van der Waals surface area contributed by atoms with Crippen molar-refractivity contribution < 1.29 is 24.6 Å². The normalized spacial score (nSPS) is 17.2. The summed E-state index contributed by atoms with van der Waals surface area (Å²) in [6.07, 6.45) is 1.98. The maximum absolute atomic E-state index is 13.0. The quantitative estimate of drug-likeness (QED) is 0.640. The highest BCUT2D eigenvalue weighted by Crippen LogP contribution is 2.49. The zero-order valence-electron chi connectivity index (χ0n) is 16.3. The van der Waals surface area contributed by atoms with Gasteiger partial charge in [-0.15, -0.1) is 0 Å². The number of rotatable bonds is 6. The van der Waals surface area contributed by atoms with Gasteiger partial charge in [0.2, 0.25) is 0 Å². The average Bonchev–Trinajstić information content (AvgIpc) is 2.94. The fourth-order valence-electron chi connectivity index (χ4n) is 4.10. The van der Waals surface area contributed by atoms with Crippen molar-refractivity contribution in [3.05, 3.63) is 71.5 Å². The lowest BCUT2D eigenvalue weighted by atomic mass is 9.74. The standard InChI is InChI=1S/C23H22N2O5/c26-18(27)13-24-21(29)19-20(28)23(11-4-12-23)25(22(19)30)14-15-7-9-17(10-8-15)16-5-2-1-3-6-16/h1-3,5-10,28H,4,11-14H2,(H,24,29)(H,26,27). The second-order valence-corrected chi connectivity index (χ2v) is 7.64. The summed E-state index contributed by atoms with van der Waals surface area (Å²) in [4.78, 5) is 37.6. The van der Waals surface area contributed by atoms with Crippen LogP contribution in [0.15, 0.2) is 65.9 Å². The van der Waals surface area contributed by atoms with Gasteiger partial charge in [-0.2, -0.15) is 0 Å².